The molecule has 0 bridgehead atoms. The van der Waals surface area contributed by atoms with E-state index in [1.54, 1.807) is 18.2 Å². The summed E-state index contributed by atoms with van der Waals surface area (Å²) in [6.07, 6.45) is 3.97. The van der Waals surface area contributed by atoms with E-state index in [1.807, 2.05) is 13.8 Å². The summed E-state index contributed by atoms with van der Waals surface area (Å²) in [6, 6.07) is 3.58. The van der Waals surface area contributed by atoms with Crippen LogP contribution < -0.4 is 0 Å². The molecule has 0 saturated carbocycles. The first-order chi connectivity index (χ1) is 10.5. The summed E-state index contributed by atoms with van der Waals surface area (Å²) in [4.78, 5) is 11.9. The molecule has 1 unspecified atom stereocenters. The number of aryl methyl sites for hydroxylation is 2. The van der Waals surface area contributed by atoms with Crippen LogP contribution in [0, 0.1) is 13.8 Å². The summed E-state index contributed by atoms with van der Waals surface area (Å²) >= 11 is 0. The second-order valence-corrected chi connectivity index (χ2v) is 5.42. The van der Waals surface area contributed by atoms with E-state index >= 15 is 0 Å². The van der Waals surface area contributed by atoms with E-state index in [0.717, 1.165) is 36.0 Å². The lowest BCUT2D eigenvalue weighted by Gasteiger charge is -2.24. The second-order valence-electron chi connectivity index (χ2n) is 5.42. The first-order valence-electron chi connectivity index (χ1n) is 7.39. The smallest absolute Gasteiger partial charge is 0.373 e. The van der Waals surface area contributed by atoms with Crippen LogP contribution in [0.25, 0.3) is 6.08 Å². The summed E-state index contributed by atoms with van der Waals surface area (Å²) in [7, 11) is 1.31. The molecular weight excluding hydrogens is 284 g/mol. The van der Waals surface area contributed by atoms with Crippen molar-refractivity contribution < 1.29 is 24.1 Å². The molecule has 5 heteroatoms. The standard InChI is InChI=1S/C17H22O5/c1-11-8-13(9-12(2)16(11)18)10-14(17(19)20-3)22-15-6-4-5-7-21-15/h8-10,15,18H,4-7H2,1-3H3/b14-10-. The minimum absolute atomic E-state index is 0.110. The predicted molar refractivity (Wildman–Crippen MR) is 82.2 cm³/mol. The van der Waals surface area contributed by atoms with Gasteiger partial charge in [0.15, 0.2) is 6.29 Å². The number of ether oxygens (including phenoxy) is 3. The van der Waals surface area contributed by atoms with Gasteiger partial charge in [0, 0.05) is 6.42 Å². The number of hydrogen-bond donors (Lipinski definition) is 1. The van der Waals surface area contributed by atoms with Crippen molar-refractivity contribution in [2.45, 2.75) is 39.4 Å². The Morgan fingerprint density at radius 1 is 1.32 bits per heavy atom. The van der Waals surface area contributed by atoms with Gasteiger partial charge in [0.2, 0.25) is 5.76 Å². The third-order valence-corrected chi connectivity index (χ3v) is 3.59. The van der Waals surface area contributed by atoms with Gasteiger partial charge in [-0.1, -0.05) is 0 Å². The number of methoxy groups -OCH3 is 1. The summed E-state index contributed by atoms with van der Waals surface area (Å²) < 4.78 is 15.9. The fourth-order valence-electron chi connectivity index (χ4n) is 2.41. The summed E-state index contributed by atoms with van der Waals surface area (Å²) in [5.74, 6) is -0.176. The molecule has 1 saturated heterocycles. The van der Waals surface area contributed by atoms with Crippen molar-refractivity contribution in [3.8, 4) is 5.75 Å². The van der Waals surface area contributed by atoms with Crippen LogP contribution in [0.3, 0.4) is 0 Å². The Hall–Kier alpha value is -2.01. The van der Waals surface area contributed by atoms with Crippen LogP contribution >= 0.6 is 0 Å². The van der Waals surface area contributed by atoms with Crippen molar-refractivity contribution in [3.05, 3.63) is 34.6 Å². The monoisotopic (exact) mass is 306 g/mol. The molecule has 2 rings (SSSR count). The lowest BCUT2D eigenvalue weighted by Crippen LogP contribution is -2.24. The Bertz CT molecular complexity index is 547. The minimum Gasteiger partial charge on any atom is -0.507 e. The maximum atomic E-state index is 11.9. The minimum atomic E-state index is -0.544. The van der Waals surface area contributed by atoms with Gasteiger partial charge in [0.25, 0.3) is 0 Å². The fourth-order valence-corrected chi connectivity index (χ4v) is 2.41. The van der Waals surface area contributed by atoms with Crippen LogP contribution in [-0.4, -0.2) is 31.1 Å². The number of carbonyl (C=O) groups is 1. The van der Waals surface area contributed by atoms with Gasteiger partial charge in [0.1, 0.15) is 5.75 Å². The second kappa shape index (κ2) is 7.31. The van der Waals surface area contributed by atoms with Gasteiger partial charge in [-0.3, -0.25) is 0 Å². The van der Waals surface area contributed by atoms with Crippen LogP contribution in [0.1, 0.15) is 36.0 Å². The number of carbonyl (C=O) groups excluding carboxylic acids is 1. The SMILES string of the molecule is COC(=O)/C(=C/c1cc(C)c(O)c(C)c1)OC1CCCCO1. The third kappa shape index (κ3) is 4.01. The van der Waals surface area contributed by atoms with E-state index in [4.69, 9.17) is 14.2 Å². The lowest BCUT2D eigenvalue weighted by molar-refractivity contribution is -0.161. The number of rotatable bonds is 4. The van der Waals surface area contributed by atoms with Gasteiger partial charge in [-0.05, 0) is 61.6 Å². The summed E-state index contributed by atoms with van der Waals surface area (Å²) in [6.45, 7) is 4.25. The zero-order valence-electron chi connectivity index (χ0n) is 13.2. The molecule has 5 nitrogen and oxygen atoms in total. The van der Waals surface area contributed by atoms with Crippen LogP contribution in [-0.2, 0) is 19.0 Å². The Kier molecular flexibility index (Phi) is 5.44. The molecule has 0 spiro atoms. The zero-order valence-corrected chi connectivity index (χ0v) is 13.2. The predicted octanol–water partition coefficient (Wildman–Crippen LogP) is 3.07. The van der Waals surface area contributed by atoms with Gasteiger partial charge in [-0.25, -0.2) is 4.79 Å². The zero-order chi connectivity index (χ0) is 16.1. The summed E-state index contributed by atoms with van der Waals surface area (Å²) in [5, 5.41) is 9.82. The highest BCUT2D eigenvalue weighted by molar-refractivity contribution is 5.91. The molecule has 1 heterocycles. The lowest BCUT2D eigenvalue weighted by atomic mass is 10.1. The van der Waals surface area contributed by atoms with E-state index < -0.39 is 12.3 Å². The largest absolute Gasteiger partial charge is 0.507 e. The van der Waals surface area contributed by atoms with Gasteiger partial charge in [0.05, 0.1) is 13.7 Å². The Labute approximate surface area is 130 Å². The number of phenols is 1. The van der Waals surface area contributed by atoms with E-state index in [0.29, 0.717) is 6.61 Å². The van der Waals surface area contributed by atoms with E-state index in [2.05, 4.69) is 0 Å². The Balaban J connectivity index is 2.25. The van der Waals surface area contributed by atoms with Gasteiger partial charge >= 0.3 is 5.97 Å². The molecule has 0 amide bonds. The van der Waals surface area contributed by atoms with Crippen LogP contribution in [0.5, 0.6) is 5.75 Å². The molecule has 1 atom stereocenters. The van der Waals surface area contributed by atoms with Crippen LogP contribution in [0.2, 0.25) is 0 Å². The Morgan fingerprint density at radius 2 is 2.00 bits per heavy atom. The molecule has 1 aliphatic rings. The van der Waals surface area contributed by atoms with Gasteiger partial charge in [-0.15, -0.1) is 0 Å². The highest BCUT2D eigenvalue weighted by atomic mass is 16.7. The molecule has 1 N–H and O–H groups in total. The van der Waals surface area contributed by atoms with Crippen molar-refractivity contribution in [1.29, 1.82) is 0 Å². The van der Waals surface area contributed by atoms with Crippen molar-refractivity contribution in [2.75, 3.05) is 13.7 Å². The van der Waals surface area contributed by atoms with E-state index in [-0.39, 0.29) is 11.5 Å². The Morgan fingerprint density at radius 3 is 2.55 bits per heavy atom. The number of phenolic OH excluding ortho intramolecular Hbond substituents is 1. The van der Waals surface area contributed by atoms with Crippen LogP contribution in [0.4, 0.5) is 0 Å². The molecule has 0 aromatic heterocycles. The van der Waals surface area contributed by atoms with Crippen molar-refractivity contribution in [2.24, 2.45) is 0 Å². The molecular formula is C17H22O5. The maximum absolute atomic E-state index is 11.9. The highest BCUT2D eigenvalue weighted by Crippen LogP contribution is 2.25. The number of aromatic hydroxyl groups is 1. The topological polar surface area (TPSA) is 65.0 Å². The summed E-state index contributed by atoms with van der Waals surface area (Å²) in [5.41, 5.74) is 2.25. The molecule has 1 aromatic rings. The average Bonchev–Trinajstić information content (AvgIpc) is 2.52. The highest BCUT2D eigenvalue weighted by Gasteiger charge is 2.21. The van der Waals surface area contributed by atoms with Crippen LogP contribution in [0.15, 0.2) is 17.9 Å². The van der Waals surface area contributed by atoms with Crippen molar-refractivity contribution >= 4 is 12.0 Å². The van der Waals surface area contributed by atoms with Crippen molar-refractivity contribution in [3.63, 3.8) is 0 Å². The molecule has 0 aliphatic carbocycles. The average molecular weight is 306 g/mol. The van der Waals surface area contributed by atoms with Gasteiger partial charge < -0.3 is 19.3 Å². The molecule has 0 radical (unpaired) electrons. The molecule has 22 heavy (non-hydrogen) atoms. The molecule has 1 aromatic carbocycles. The number of benzene rings is 1. The third-order valence-electron chi connectivity index (χ3n) is 3.59. The van der Waals surface area contributed by atoms with E-state index in [1.165, 1.54) is 7.11 Å². The number of hydrogen-bond acceptors (Lipinski definition) is 5. The first kappa shape index (κ1) is 16.4. The first-order valence-corrected chi connectivity index (χ1v) is 7.39. The quantitative estimate of drug-likeness (QED) is 0.526. The molecule has 120 valence electrons. The molecule has 1 aliphatic heterocycles. The van der Waals surface area contributed by atoms with Gasteiger partial charge in [-0.2, -0.15) is 0 Å². The number of esters is 1. The fraction of sp³-hybridized carbons (Fsp3) is 0.471. The normalized spacial score (nSPS) is 18.9. The maximum Gasteiger partial charge on any atom is 0.373 e. The van der Waals surface area contributed by atoms with Crippen molar-refractivity contribution in [1.82, 2.24) is 0 Å². The van der Waals surface area contributed by atoms with E-state index in [9.17, 15) is 9.90 Å². The molecule has 1 fully saturated rings.